The third-order valence-corrected chi connectivity index (χ3v) is 7.86. The molecule has 1 atom stereocenters. The number of nitrogens with one attached hydrogen (secondary N) is 2. The minimum absolute atomic E-state index is 0.0556. The van der Waals surface area contributed by atoms with Crippen LogP contribution in [0, 0.1) is 0 Å². The fourth-order valence-corrected chi connectivity index (χ4v) is 5.65. The van der Waals surface area contributed by atoms with Gasteiger partial charge in [0, 0.05) is 25.7 Å². The molecule has 5 rings (SSSR count). The monoisotopic (exact) mass is 565 g/mol. The molecular formula is C34H39N5O3. The third kappa shape index (κ3) is 7.24. The van der Waals surface area contributed by atoms with Gasteiger partial charge in [-0.25, -0.2) is 4.98 Å². The van der Waals surface area contributed by atoms with Crippen LogP contribution in [0.3, 0.4) is 0 Å². The minimum atomic E-state index is -0.385. The van der Waals surface area contributed by atoms with Crippen LogP contribution in [-0.2, 0) is 40.2 Å². The first kappa shape index (κ1) is 29.0. The molecule has 3 amide bonds. The fraction of sp³-hybridized carbons (Fsp3) is 0.353. The molecule has 2 N–H and O–H groups in total. The number of carbonyl (C=O) groups excluding carboxylic acids is 3. The van der Waals surface area contributed by atoms with Crippen molar-refractivity contribution in [2.24, 2.45) is 0 Å². The molecule has 0 spiro atoms. The van der Waals surface area contributed by atoms with E-state index in [0.29, 0.717) is 32.5 Å². The van der Waals surface area contributed by atoms with Crippen molar-refractivity contribution in [2.45, 2.75) is 65.0 Å². The summed E-state index contributed by atoms with van der Waals surface area (Å²) in [4.78, 5) is 49.2. The number of benzene rings is 3. The lowest BCUT2D eigenvalue weighted by atomic mass is 10.0. The van der Waals surface area contributed by atoms with Crippen molar-refractivity contribution in [3.63, 3.8) is 0 Å². The lowest BCUT2D eigenvalue weighted by molar-refractivity contribution is -0.134. The summed E-state index contributed by atoms with van der Waals surface area (Å²) in [5, 5.41) is 2.96. The Morgan fingerprint density at radius 1 is 0.976 bits per heavy atom. The highest BCUT2D eigenvalue weighted by atomic mass is 16.2. The molecule has 3 aromatic carbocycles. The van der Waals surface area contributed by atoms with Gasteiger partial charge in [-0.15, -0.1) is 0 Å². The predicted octanol–water partition coefficient (Wildman–Crippen LogP) is 5.28. The molecule has 8 nitrogen and oxygen atoms in total. The molecule has 8 heteroatoms. The average Bonchev–Trinajstić information content (AvgIpc) is 3.64. The van der Waals surface area contributed by atoms with Gasteiger partial charge < -0.3 is 20.1 Å². The molecule has 4 aromatic rings. The first-order chi connectivity index (χ1) is 20.4. The standard InChI is InChI=1S/C34H39N5O3/c1-3-19-38(33(41)22-26-8-5-4-6-9-26)23-32-36-29-18-15-27(21-30(29)37-32)12-11-25-13-16-28(17-14-25)35-34(42)31-10-7-20-39(31)24(2)40/h4-6,8-9,13-18,21,31H,3,7,10-12,19-20,22-23H2,1-2H3,(H,35,42)(H,36,37)/t31-/m0/s1. The Kier molecular flexibility index (Phi) is 9.31. The van der Waals surface area contributed by atoms with E-state index in [0.717, 1.165) is 53.8 Å². The lowest BCUT2D eigenvalue weighted by Crippen LogP contribution is -2.42. The second-order valence-electron chi connectivity index (χ2n) is 11.1. The zero-order chi connectivity index (χ0) is 29.5. The molecule has 42 heavy (non-hydrogen) atoms. The highest BCUT2D eigenvalue weighted by Gasteiger charge is 2.32. The number of anilines is 1. The van der Waals surface area contributed by atoms with Gasteiger partial charge in [-0.3, -0.25) is 14.4 Å². The second kappa shape index (κ2) is 13.5. The largest absolute Gasteiger partial charge is 0.340 e. The van der Waals surface area contributed by atoms with Gasteiger partial charge >= 0.3 is 0 Å². The van der Waals surface area contributed by atoms with Crippen molar-refractivity contribution in [2.75, 3.05) is 18.4 Å². The van der Waals surface area contributed by atoms with Crippen LogP contribution >= 0.6 is 0 Å². The maximum atomic E-state index is 13.0. The summed E-state index contributed by atoms with van der Waals surface area (Å²) >= 11 is 0. The normalized spacial score (nSPS) is 14.7. The summed E-state index contributed by atoms with van der Waals surface area (Å²) < 4.78 is 0. The summed E-state index contributed by atoms with van der Waals surface area (Å²) in [6.07, 6.45) is 4.56. The first-order valence-corrected chi connectivity index (χ1v) is 14.9. The van der Waals surface area contributed by atoms with Gasteiger partial charge in [-0.1, -0.05) is 55.5 Å². The Morgan fingerprint density at radius 3 is 2.45 bits per heavy atom. The van der Waals surface area contributed by atoms with Gasteiger partial charge in [0.1, 0.15) is 11.9 Å². The molecule has 218 valence electrons. The van der Waals surface area contributed by atoms with Gasteiger partial charge in [-0.05, 0) is 73.1 Å². The number of carbonyl (C=O) groups is 3. The Hall–Kier alpha value is -4.46. The molecule has 0 radical (unpaired) electrons. The van der Waals surface area contributed by atoms with Crippen molar-refractivity contribution in [3.05, 3.63) is 95.3 Å². The number of hydrogen-bond donors (Lipinski definition) is 2. The number of amides is 3. The van der Waals surface area contributed by atoms with Gasteiger partial charge in [0.15, 0.2) is 0 Å². The minimum Gasteiger partial charge on any atom is -0.340 e. The highest BCUT2D eigenvalue weighted by Crippen LogP contribution is 2.21. The zero-order valence-electron chi connectivity index (χ0n) is 24.4. The van der Waals surface area contributed by atoms with Crippen molar-refractivity contribution >= 4 is 34.4 Å². The van der Waals surface area contributed by atoms with E-state index in [2.05, 4.69) is 29.4 Å². The van der Waals surface area contributed by atoms with Crippen LogP contribution in [0.2, 0.25) is 0 Å². The van der Waals surface area contributed by atoms with Crippen LogP contribution < -0.4 is 5.32 Å². The molecule has 1 aliphatic heterocycles. The van der Waals surface area contributed by atoms with Crippen LogP contribution in [0.4, 0.5) is 5.69 Å². The van der Waals surface area contributed by atoms with E-state index in [1.807, 2.05) is 65.6 Å². The molecule has 0 saturated carbocycles. The van der Waals surface area contributed by atoms with E-state index >= 15 is 0 Å². The predicted molar refractivity (Wildman–Crippen MR) is 165 cm³/mol. The fourth-order valence-electron chi connectivity index (χ4n) is 5.65. The topological polar surface area (TPSA) is 98.4 Å². The number of aryl methyl sites for hydroxylation is 2. The number of hydrogen-bond acceptors (Lipinski definition) is 4. The first-order valence-electron chi connectivity index (χ1n) is 14.9. The molecule has 0 aliphatic carbocycles. The van der Waals surface area contributed by atoms with E-state index in [9.17, 15) is 14.4 Å². The Balaban J connectivity index is 1.16. The van der Waals surface area contributed by atoms with Crippen molar-refractivity contribution in [1.82, 2.24) is 19.8 Å². The second-order valence-corrected chi connectivity index (χ2v) is 11.1. The number of likely N-dealkylation sites (tertiary alicyclic amines) is 1. The highest BCUT2D eigenvalue weighted by molar-refractivity contribution is 5.97. The molecule has 2 heterocycles. The molecule has 0 bridgehead atoms. The third-order valence-electron chi connectivity index (χ3n) is 7.86. The molecule has 1 fully saturated rings. The Bertz CT molecular complexity index is 1530. The Morgan fingerprint density at radius 2 is 1.71 bits per heavy atom. The number of aromatic nitrogens is 2. The number of rotatable bonds is 11. The van der Waals surface area contributed by atoms with Crippen LogP contribution in [0.1, 0.15) is 55.6 Å². The van der Waals surface area contributed by atoms with E-state index in [1.54, 1.807) is 4.90 Å². The summed E-state index contributed by atoms with van der Waals surface area (Å²) in [6.45, 7) is 5.38. The van der Waals surface area contributed by atoms with Crippen LogP contribution in [-0.4, -0.2) is 56.6 Å². The molecule has 1 aromatic heterocycles. The maximum absolute atomic E-state index is 13.0. The van der Waals surface area contributed by atoms with E-state index in [1.165, 1.54) is 18.1 Å². The van der Waals surface area contributed by atoms with Gasteiger partial charge in [0.05, 0.1) is 24.0 Å². The van der Waals surface area contributed by atoms with Crippen LogP contribution in [0.25, 0.3) is 11.0 Å². The average molecular weight is 566 g/mol. The van der Waals surface area contributed by atoms with Gasteiger partial charge in [-0.2, -0.15) is 0 Å². The Labute approximate surface area is 247 Å². The molecule has 0 unspecified atom stereocenters. The van der Waals surface area contributed by atoms with Crippen molar-refractivity contribution in [3.8, 4) is 0 Å². The quantitative estimate of drug-likeness (QED) is 0.259. The SMILES string of the molecule is CCCN(Cc1nc2ccc(CCc3ccc(NC(=O)[C@@H]4CCCN4C(C)=O)cc3)cc2[nH]1)C(=O)Cc1ccccc1. The van der Waals surface area contributed by atoms with Gasteiger partial charge in [0.25, 0.3) is 0 Å². The van der Waals surface area contributed by atoms with Crippen molar-refractivity contribution < 1.29 is 14.4 Å². The summed E-state index contributed by atoms with van der Waals surface area (Å²) in [5.41, 5.74) is 6.00. The smallest absolute Gasteiger partial charge is 0.247 e. The van der Waals surface area contributed by atoms with E-state index < -0.39 is 0 Å². The zero-order valence-corrected chi connectivity index (χ0v) is 24.4. The number of fused-ring (bicyclic) bond motifs is 1. The van der Waals surface area contributed by atoms with Gasteiger partial charge in [0.2, 0.25) is 17.7 Å². The van der Waals surface area contributed by atoms with Crippen LogP contribution in [0.15, 0.2) is 72.8 Å². The van der Waals surface area contributed by atoms with E-state index in [-0.39, 0.29) is 23.8 Å². The number of imidazole rings is 1. The lowest BCUT2D eigenvalue weighted by Gasteiger charge is -2.22. The number of aromatic amines is 1. The van der Waals surface area contributed by atoms with Crippen molar-refractivity contribution in [1.29, 1.82) is 0 Å². The maximum Gasteiger partial charge on any atom is 0.247 e. The van der Waals surface area contributed by atoms with Crippen LogP contribution in [0.5, 0.6) is 0 Å². The molecule has 1 aliphatic rings. The summed E-state index contributed by atoms with van der Waals surface area (Å²) in [7, 11) is 0. The number of H-pyrrole nitrogens is 1. The van der Waals surface area contributed by atoms with E-state index in [4.69, 9.17) is 4.98 Å². The summed E-state index contributed by atoms with van der Waals surface area (Å²) in [5.74, 6) is 0.714. The summed E-state index contributed by atoms with van der Waals surface area (Å²) in [6, 6.07) is 23.7. The molecular weight excluding hydrogens is 526 g/mol. The molecule has 1 saturated heterocycles. The number of nitrogens with zero attached hydrogens (tertiary/aromatic N) is 3.